The SMILES string of the molecule is COC(=O)c1c(C(=O)OC)c([Si](C)(C)C)c2cc3c(C#CC(C)(C)C)c4cc5c([Si](C)(C)C)c(C(=O)OC)c(C(=O)OC)c([Si](C)(C)C)c5cc4c(C#CC(C)(C)C)c3cc2c1[Si](C)(C)C. The molecule has 0 spiro atoms. The van der Waals surface area contributed by atoms with E-state index in [0.717, 1.165) is 75.0 Å². The maximum absolute atomic E-state index is 14.2. The third-order valence-corrected chi connectivity index (χ3v) is 19.7. The van der Waals surface area contributed by atoms with Gasteiger partial charge in [-0.15, -0.1) is 0 Å². The fraction of sp³-hybridized carbons (Fsp3) is 0.444. The number of esters is 4. The van der Waals surface area contributed by atoms with Gasteiger partial charge < -0.3 is 18.9 Å². The Bertz CT molecular complexity index is 2660. The van der Waals surface area contributed by atoms with Crippen molar-refractivity contribution in [3.63, 3.8) is 0 Å². The first kappa shape index (κ1) is 52.0. The van der Waals surface area contributed by atoms with Crippen LogP contribution in [0.2, 0.25) is 78.6 Å². The second kappa shape index (κ2) is 17.6. The Hall–Kier alpha value is -4.99. The standard InChI is InChI=1S/C54H70O8Si4/c1-53(2,3)25-23-31-33-27-37-39(47(65(17,18)19)43(51(57)61-9)41(49(55)59-7)45(37)63(11,12)13)29-35(33)32(24-26-54(4,5)6)36-30-40-38(28-34(31)36)46(64(14,15)16)42(50(56)60-8)44(52(58)62-10)48(40)66(20,21)22/h27-30H,1-22H3. The van der Waals surface area contributed by atoms with Crippen LogP contribution in [-0.2, 0) is 18.9 Å². The average Bonchev–Trinajstić information content (AvgIpc) is 3.18. The van der Waals surface area contributed by atoms with Crippen molar-refractivity contribution in [1.82, 2.24) is 0 Å². The minimum Gasteiger partial charge on any atom is -0.465 e. The Morgan fingerprint density at radius 2 is 0.545 bits per heavy atom. The van der Waals surface area contributed by atoms with Crippen molar-refractivity contribution in [2.75, 3.05) is 28.4 Å². The molecule has 0 atom stereocenters. The summed E-state index contributed by atoms with van der Waals surface area (Å²) in [4.78, 5) is 56.9. The van der Waals surface area contributed by atoms with Crippen molar-refractivity contribution in [3.05, 3.63) is 57.6 Å². The Morgan fingerprint density at radius 1 is 0.364 bits per heavy atom. The van der Waals surface area contributed by atoms with Crippen LogP contribution < -0.4 is 20.7 Å². The second-order valence-electron chi connectivity index (χ2n) is 23.6. The summed E-state index contributed by atoms with van der Waals surface area (Å²) in [5.41, 5.74) is 1.85. The summed E-state index contributed by atoms with van der Waals surface area (Å²) in [6.07, 6.45) is 0. The molecular formula is C54H70O8Si4. The Labute approximate surface area is 396 Å². The monoisotopic (exact) mass is 958 g/mol. The summed E-state index contributed by atoms with van der Waals surface area (Å²) in [5, 5.41) is 10.1. The van der Waals surface area contributed by atoms with E-state index in [4.69, 9.17) is 18.9 Å². The highest BCUT2D eigenvalue weighted by molar-refractivity contribution is 6.95. The van der Waals surface area contributed by atoms with E-state index in [0.29, 0.717) is 0 Å². The number of rotatable bonds is 8. The summed E-state index contributed by atoms with van der Waals surface area (Å²) < 4.78 is 22.1. The van der Waals surface area contributed by atoms with Crippen molar-refractivity contribution in [3.8, 4) is 23.7 Å². The molecule has 8 nitrogen and oxygen atoms in total. The number of ether oxygens (including phenoxy) is 4. The smallest absolute Gasteiger partial charge is 0.338 e. The largest absolute Gasteiger partial charge is 0.465 e. The third kappa shape index (κ3) is 9.71. The van der Waals surface area contributed by atoms with E-state index in [1.54, 1.807) is 0 Å². The Morgan fingerprint density at radius 3 is 0.682 bits per heavy atom. The molecule has 0 unspecified atom stereocenters. The van der Waals surface area contributed by atoms with Crippen LogP contribution in [0.1, 0.15) is 94.1 Å². The van der Waals surface area contributed by atoms with E-state index in [9.17, 15) is 19.2 Å². The average molecular weight is 959 g/mol. The third-order valence-electron chi connectivity index (χ3n) is 11.7. The molecule has 0 bridgehead atoms. The van der Waals surface area contributed by atoms with E-state index in [1.165, 1.54) is 28.4 Å². The van der Waals surface area contributed by atoms with Crippen LogP contribution in [0.15, 0.2) is 24.3 Å². The fourth-order valence-electron chi connectivity index (χ4n) is 9.29. The lowest BCUT2D eigenvalue weighted by atomic mass is 9.86. The van der Waals surface area contributed by atoms with Crippen LogP contribution in [-0.4, -0.2) is 84.6 Å². The molecule has 0 aliphatic carbocycles. The maximum atomic E-state index is 14.2. The molecule has 0 saturated heterocycles. The number of carbonyl (C=O) groups excluding carboxylic acids is 4. The number of benzene rings is 5. The van der Waals surface area contributed by atoms with Gasteiger partial charge in [0, 0.05) is 22.0 Å². The summed E-state index contributed by atoms with van der Waals surface area (Å²) >= 11 is 0. The van der Waals surface area contributed by atoms with Gasteiger partial charge in [-0.05, 0) is 130 Å². The molecule has 0 fully saturated rings. The second-order valence-corrected chi connectivity index (χ2v) is 43.6. The van der Waals surface area contributed by atoms with Crippen molar-refractivity contribution in [1.29, 1.82) is 0 Å². The minimum absolute atomic E-state index is 0.269. The van der Waals surface area contributed by atoms with Gasteiger partial charge in [-0.1, -0.05) is 102 Å². The van der Waals surface area contributed by atoms with Crippen LogP contribution in [0.3, 0.4) is 0 Å². The molecule has 66 heavy (non-hydrogen) atoms. The van der Waals surface area contributed by atoms with Gasteiger partial charge in [-0.25, -0.2) is 19.2 Å². The molecule has 350 valence electrons. The molecule has 0 heterocycles. The molecule has 0 radical (unpaired) electrons. The maximum Gasteiger partial charge on any atom is 0.338 e. The molecule has 0 aliphatic rings. The summed E-state index contributed by atoms with van der Waals surface area (Å²) in [6.45, 7) is 38.6. The molecular weight excluding hydrogens is 889 g/mol. The van der Waals surface area contributed by atoms with Crippen molar-refractivity contribution >= 4 is 120 Å². The zero-order valence-electron chi connectivity index (χ0n) is 43.6. The van der Waals surface area contributed by atoms with Crippen molar-refractivity contribution < 1.29 is 38.1 Å². The Kier molecular flexibility index (Phi) is 13.8. The fourth-order valence-corrected chi connectivity index (χ4v) is 17.3. The van der Waals surface area contributed by atoms with Gasteiger partial charge in [0.15, 0.2) is 0 Å². The first-order valence-corrected chi connectivity index (χ1v) is 36.6. The molecule has 5 aromatic carbocycles. The highest BCUT2D eigenvalue weighted by Gasteiger charge is 2.40. The van der Waals surface area contributed by atoms with E-state index >= 15 is 0 Å². The topological polar surface area (TPSA) is 105 Å². The zero-order valence-corrected chi connectivity index (χ0v) is 47.6. The first-order valence-electron chi connectivity index (χ1n) is 22.6. The quantitative estimate of drug-likeness (QED) is 0.0498. The molecule has 0 saturated carbocycles. The van der Waals surface area contributed by atoms with Crippen LogP contribution in [0.4, 0.5) is 0 Å². The Balaban J connectivity index is 2.43. The van der Waals surface area contributed by atoms with Crippen LogP contribution in [0.5, 0.6) is 0 Å². The van der Waals surface area contributed by atoms with Gasteiger partial charge in [0.2, 0.25) is 0 Å². The van der Waals surface area contributed by atoms with Crippen LogP contribution >= 0.6 is 0 Å². The van der Waals surface area contributed by atoms with Gasteiger partial charge in [0.1, 0.15) is 0 Å². The van der Waals surface area contributed by atoms with Gasteiger partial charge in [-0.3, -0.25) is 0 Å². The normalized spacial score (nSPS) is 12.7. The number of hydrogen-bond acceptors (Lipinski definition) is 8. The van der Waals surface area contributed by atoms with Crippen molar-refractivity contribution in [2.45, 2.75) is 120 Å². The molecule has 5 aromatic rings. The predicted molar refractivity (Wildman–Crippen MR) is 286 cm³/mol. The molecule has 0 aromatic heterocycles. The van der Waals surface area contributed by atoms with Crippen molar-refractivity contribution in [2.24, 2.45) is 10.8 Å². The van der Waals surface area contributed by atoms with Gasteiger partial charge in [-0.2, -0.15) is 0 Å². The number of carbonyl (C=O) groups is 4. The predicted octanol–water partition coefficient (Wildman–Crippen LogP) is 10.4. The molecule has 12 heteroatoms. The van der Waals surface area contributed by atoms with E-state index in [-0.39, 0.29) is 33.1 Å². The highest BCUT2D eigenvalue weighted by Crippen LogP contribution is 2.40. The van der Waals surface area contributed by atoms with Gasteiger partial charge in [0.05, 0.1) is 83.0 Å². The summed E-state index contributed by atoms with van der Waals surface area (Å²) in [6, 6.07) is 8.73. The lowest BCUT2D eigenvalue weighted by Crippen LogP contribution is -2.50. The lowest BCUT2D eigenvalue weighted by molar-refractivity contribution is 0.0558. The summed E-state index contributed by atoms with van der Waals surface area (Å²) in [5.74, 6) is 12.2. The number of methoxy groups -OCH3 is 4. The molecule has 0 N–H and O–H groups in total. The molecule has 5 rings (SSSR count). The minimum atomic E-state index is -2.51. The van der Waals surface area contributed by atoms with E-state index in [2.05, 4.69) is 168 Å². The molecule has 0 amide bonds. The number of fused-ring (bicyclic) bond motifs is 4. The first-order chi connectivity index (χ1) is 30.0. The van der Waals surface area contributed by atoms with E-state index < -0.39 is 56.2 Å². The zero-order chi connectivity index (χ0) is 50.2. The van der Waals surface area contributed by atoms with Gasteiger partial charge >= 0.3 is 23.9 Å². The number of hydrogen-bond donors (Lipinski definition) is 0. The highest BCUT2D eigenvalue weighted by atomic mass is 28.3. The van der Waals surface area contributed by atoms with Crippen LogP contribution in [0.25, 0.3) is 43.1 Å². The lowest BCUT2D eigenvalue weighted by Gasteiger charge is -2.31. The van der Waals surface area contributed by atoms with E-state index in [1.807, 2.05) is 0 Å². The van der Waals surface area contributed by atoms with Crippen LogP contribution in [0, 0.1) is 34.5 Å². The van der Waals surface area contributed by atoms with Gasteiger partial charge in [0.25, 0.3) is 0 Å². The molecule has 0 aliphatic heterocycles. The summed E-state index contributed by atoms with van der Waals surface area (Å²) in [7, 11) is -4.62.